The summed E-state index contributed by atoms with van der Waals surface area (Å²) in [6.07, 6.45) is 1.75. The zero-order chi connectivity index (χ0) is 19.8. The summed E-state index contributed by atoms with van der Waals surface area (Å²) < 4.78 is 5.48. The summed E-state index contributed by atoms with van der Waals surface area (Å²) in [6, 6.07) is 17.6. The predicted octanol–water partition coefficient (Wildman–Crippen LogP) is 3.82. The topological polar surface area (TPSA) is 74.3 Å². The van der Waals surface area contributed by atoms with Crippen molar-refractivity contribution in [1.82, 2.24) is 19.9 Å². The van der Waals surface area contributed by atoms with Crippen LogP contribution in [0.2, 0.25) is 0 Å². The van der Waals surface area contributed by atoms with Gasteiger partial charge in [0.25, 0.3) is 0 Å². The number of para-hydroxylation sites is 1. The maximum Gasteiger partial charge on any atom is 0.145 e. The van der Waals surface area contributed by atoms with Crippen LogP contribution in [0.15, 0.2) is 60.9 Å². The molecule has 0 radical (unpaired) electrons. The summed E-state index contributed by atoms with van der Waals surface area (Å²) in [4.78, 5) is 15.1. The number of pyridine rings is 1. The van der Waals surface area contributed by atoms with E-state index in [2.05, 4.69) is 27.0 Å². The number of aromatic amines is 1. The number of aromatic hydroxyl groups is 1. The Kier molecular flexibility index (Phi) is 4.41. The van der Waals surface area contributed by atoms with Gasteiger partial charge >= 0.3 is 0 Å². The van der Waals surface area contributed by atoms with Crippen molar-refractivity contribution in [1.29, 1.82) is 0 Å². The maximum absolute atomic E-state index is 9.93. The number of imidazole rings is 1. The van der Waals surface area contributed by atoms with Crippen molar-refractivity contribution < 1.29 is 9.84 Å². The second kappa shape index (κ2) is 7.22. The molecule has 0 fully saturated rings. The molecule has 29 heavy (non-hydrogen) atoms. The molecule has 5 rings (SSSR count). The normalized spacial score (nSPS) is 16.7. The first kappa shape index (κ1) is 17.7. The number of nitrogens with zero attached hydrogens (tertiary/aromatic N) is 3. The first-order valence-corrected chi connectivity index (χ1v) is 9.67. The highest BCUT2D eigenvalue weighted by molar-refractivity contribution is 5.84. The molecule has 1 aliphatic heterocycles. The van der Waals surface area contributed by atoms with Gasteiger partial charge in [0, 0.05) is 30.9 Å². The lowest BCUT2D eigenvalue weighted by atomic mass is 9.90. The number of hydrogen-bond acceptors (Lipinski definition) is 5. The molecule has 2 aromatic heterocycles. The van der Waals surface area contributed by atoms with Crippen LogP contribution in [0.5, 0.6) is 11.5 Å². The first-order valence-electron chi connectivity index (χ1n) is 9.67. The fourth-order valence-corrected chi connectivity index (χ4v) is 4.16. The monoisotopic (exact) mass is 386 g/mol. The Morgan fingerprint density at radius 2 is 2.07 bits per heavy atom. The zero-order valence-electron chi connectivity index (χ0n) is 16.2. The third-order valence-corrected chi connectivity index (χ3v) is 5.52. The molecule has 1 unspecified atom stereocenters. The molecule has 6 heteroatoms. The fraction of sp³-hybridized carbons (Fsp3) is 0.217. The molecule has 146 valence electrons. The van der Waals surface area contributed by atoms with E-state index in [1.807, 2.05) is 36.4 Å². The van der Waals surface area contributed by atoms with E-state index >= 15 is 0 Å². The predicted molar refractivity (Wildman–Crippen MR) is 111 cm³/mol. The van der Waals surface area contributed by atoms with Gasteiger partial charge in [-0.25, -0.2) is 9.97 Å². The van der Waals surface area contributed by atoms with Crippen molar-refractivity contribution in [2.24, 2.45) is 0 Å². The average molecular weight is 386 g/mol. The van der Waals surface area contributed by atoms with Gasteiger partial charge < -0.3 is 14.8 Å². The number of hydrogen-bond donors (Lipinski definition) is 2. The van der Waals surface area contributed by atoms with E-state index in [0.29, 0.717) is 0 Å². The van der Waals surface area contributed by atoms with Crippen LogP contribution in [-0.4, -0.2) is 38.6 Å². The summed E-state index contributed by atoms with van der Waals surface area (Å²) in [5.74, 6) is 1.17. The SMILES string of the molecule is COc1cccc2ccc(CN3Cc4[nH]cnc4C(c4cccc(O)c4)C3)nc12. The molecular formula is C23H22N4O2. The summed E-state index contributed by atoms with van der Waals surface area (Å²) in [6.45, 7) is 2.32. The van der Waals surface area contributed by atoms with Crippen molar-refractivity contribution in [2.75, 3.05) is 13.7 Å². The van der Waals surface area contributed by atoms with E-state index < -0.39 is 0 Å². The van der Waals surface area contributed by atoms with Gasteiger partial charge in [0.2, 0.25) is 0 Å². The summed E-state index contributed by atoms with van der Waals surface area (Å²) >= 11 is 0. The Balaban J connectivity index is 1.46. The minimum absolute atomic E-state index is 0.104. The Hall–Kier alpha value is -3.38. The number of phenolic OH excluding ortho intramolecular Hbond substituents is 1. The van der Waals surface area contributed by atoms with Crippen molar-refractivity contribution in [3.8, 4) is 11.5 Å². The first-order chi connectivity index (χ1) is 14.2. The highest BCUT2D eigenvalue weighted by Crippen LogP contribution is 2.33. The number of ether oxygens (including phenoxy) is 1. The van der Waals surface area contributed by atoms with Crippen LogP contribution < -0.4 is 4.74 Å². The molecule has 6 nitrogen and oxygen atoms in total. The van der Waals surface area contributed by atoms with Gasteiger partial charge in [-0.15, -0.1) is 0 Å². The highest BCUT2D eigenvalue weighted by atomic mass is 16.5. The van der Waals surface area contributed by atoms with Crippen molar-refractivity contribution in [3.63, 3.8) is 0 Å². The molecule has 0 saturated carbocycles. The lowest BCUT2D eigenvalue weighted by molar-refractivity contribution is 0.225. The molecule has 4 aromatic rings. The van der Waals surface area contributed by atoms with Gasteiger partial charge in [0.1, 0.15) is 17.0 Å². The van der Waals surface area contributed by atoms with Crippen LogP contribution in [0.1, 0.15) is 28.6 Å². The molecular weight excluding hydrogens is 364 g/mol. The van der Waals surface area contributed by atoms with E-state index in [1.54, 1.807) is 19.5 Å². The maximum atomic E-state index is 9.93. The number of nitrogens with one attached hydrogen (secondary N) is 1. The van der Waals surface area contributed by atoms with E-state index in [9.17, 15) is 5.11 Å². The van der Waals surface area contributed by atoms with Gasteiger partial charge in [0.05, 0.1) is 30.5 Å². The average Bonchev–Trinajstić information content (AvgIpc) is 3.21. The molecule has 2 aromatic carbocycles. The Morgan fingerprint density at radius 3 is 2.93 bits per heavy atom. The second-order valence-corrected chi connectivity index (χ2v) is 7.42. The van der Waals surface area contributed by atoms with Crippen LogP contribution in [-0.2, 0) is 13.1 Å². The number of phenols is 1. The number of methoxy groups -OCH3 is 1. The summed E-state index contributed by atoms with van der Waals surface area (Å²) in [5.41, 5.74) is 5.12. The number of rotatable bonds is 4. The van der Waals surface area contributed by atoms with Crippen LogP contribution >= 0.6 is 0 Å². The lowest BCUT2D eigenvalue weighted by Gasteiger charge is -2.32. The zero-order valence-corrected chi connectivity index (χ0v) is 16.2. The molecule has 0 saturated heterocycles. The number of aromatic nitrogens is 3. The molecule has 1 aliphatic rings. The second-order valence-electron chi connectivity index (χ2n) is 7.42. The molecule has 0 amide bonds. The molecule has 0 aliphatic carbocycles. The number of benzene rings is 2. The molecule has 3 heterocycles. The molecule has 2 N–H and O–H groups in total. The highest BCUT2D eigenvalue weighted by Gasteiger charge is 2.29. The van der Waals surface area contributed by atoms with Crippen molar-refractivity contribution in [2.45, 2.75) is 19.0 Å². The van der Waals surface area contributed by atoms with Gasteiger partial charge in [-0.2, -0.15) is 0 Å². The summed E-state index contributed by atoms with van der Waals surface area (Å²) in [5, 5.41) is 11.0. The van der Waals surface area contributed by atoms with E-state index in [0.717, 1.165) is 58.9 Å². The largest absolute Gasteiger partial charge is 0.508 e. The Labute approximate surface area is 168 Å². The molecule has 0 spiro atoms. The third kappa shape index (κ3) is 3.32. The quantitative estimate of drug-likeness (QED) is 0.558. The number of H-pyrrole nitrogens is 1. The van der Waals surface area contributed by atoms with E-state index in [1.165, 1.54) is 0 Å². The number of fused-ring (bicyclic) bond motifs is 2. The lowest BCUT2D eigenvalue weighted by Crippen LogP contribution is -2.34. The van der Waals surface area contributed by atoms with E-state index in [4.69, 9.17) is 9.72 Å². The van der Waals surface area contributed by atoms with Gasteiger partial charge in [0.15, 0.2) is 0 Å². The Morgan fingerprint density at radius 1 is 1.17 bits per heavy atom. The summed E-state index contributed by atoms with van der Waals surface area (Å²) in [7, 11) is 1.67. The smallest absolute Gasteiger partial charge is 0.145 e. The van der Waals surface area contributed by atoms with Crippen LogP contribution in [0, 0.1) is 0 Å². The van der Waals surface area contributed by atoms with Crippen LogP contribution in [0.25, 0.3) is 10.9 Å². The van der Waals surface area contributed by atoms with Crippen LogP contribution in [0.3, 0.4) is 0 Å². The minimum Gasteiger partial charge on any atom is -0.508 e. The standard InChI is InChI=1S/C23H22N4O2/c1-29-21-7-3-4-15-8-9-17(26-22(15)21)11-27-12-19(16-5-2-6-18(28)10-16)23-20(13-27)24-14-25-23/h2-10,14,19,28H,11-13H2,1H3,(H,24,25). The van der Waals surface area contributed by atoms with Crippen molar-refractivity contribution in [3.05, 3.63) is 83.6 Å². The third-order valence-electron chi connectivity index (χ3n) is 5.52. The van der Waals surface area contributed by atoms with Gasteiger partial charge in [-0.3, -0.25) is 4.90 Å². The molecule has 0 bridgehead atoms. The minimum atomic E-state index is 0.104. The van der Waals surface area contributed by atoms with E-state index in [-0.39, 0.29) is 11.7 Å². The van der Waals surface area contributed by atoms with Gasteiger partial charge in [-0.05, 0) is 29.8 Å². The van der Waals surface area contributed by atoms with Gasteiger partial charge in [-0.1, -0.05) is 30.3 Å². The van der Waals surface area contributed by atoms with Crippen molar-refractivity contribution >= 4 is 10.9 Å². The molecule has 1 atom stereocenters. The van der Waals surface area contributed by atoms with Crippen LogP contribution in [0.4, 0.5) is 0 Å². The Bertz CT molecular complexity index is 1170. The fourth-order valence-electron chi connectivity index (χ4n) is 4.16.